The van der Waals surface area contributed by atoms with Gasteiger partial charge in [0.1, 0.15) is 11.4 Å². The van der Waals surface area contributed by atoms with E-state index in [-0.39, 0.29) is 5.56 Å². The number of carbonyl (C=O) groups is 1. The summed E-state index contributed by atoms with van der Waals surface area (Å²) in [5, 5.41) is 13.4. The molecular formula is C14H10BrFN2O3. The van der Waals surface area contributed by atoms with Crippen LogP contribution < -0.4 is 5.32 Å². The fraction of sp³-hybridized carbons (Fsp3) is 0.0714. The van der Waals surface area contributed by atoms with Crippen LogP contribution in [0.15, 0.2) is 40.9 Å². The molecule has 2 aromatic carbocycles. The number of hydrogen-bond donors (Lipinski definition) is 1. The average molecular weight is 353 g/mol. The maximum absolute atomic E-state index is 13.2. The van der Waals surface area contributed by atoms with E-state index < -0.39 is 22.3 Å². The van der Waals surface area contributed by atoms with Gasteiger partial charge >= 0.3 is 0 Å². The van der Waals surface area contributed by atoms with Gasteiger partial charge in [-0.2, -0.15) is 0 Å². The second-order valence-electron chi connectivity index (χ2n) is 4.36. The molecule has 0 radical (unpaired) electrons. The first-order valence-electron chi connectivity index (χ1n) is 5.90. The number of halogens is 2. The molecule has 7 heteroatoms. The van der Waals surface area contributed by atoms with Crippen LogP contribution in [0.4, 0.5) is 15.8 Å². The zero-order valence-electron chi connectivity index (χ0n) is 10.9. The van der Waals surface area contributed by atoms with Crippen LogP contribution >= 0.6 is 15.9 Å². The zero-order chi connectivity index (χ0) is 15.6. The van der Waals surface area contributed by atoms with Crippen molar-refractivity contribution in [2.45, 2.75) is 6.92 Å². The van der Waals surface area contributed by atoms with E-state index in [1.165, 1.54) is 0 Å². The molecule has 0 unspecified atom stereocenters. The van der Waals surface area contributed by atoms with Gasteiger partial charge in [-0.05, 0) is 52.7 Å². The van der Waals surface area contributed by atoms with Crippen molar-refractivity contribution < 1.29 is 14.1 Å². The lowest BCUT2D eigenvalue weighted by Gasteiger charge is -2.09. The molecule has 1 N–H and O–H groups in total. The van der Waals surface area contributed by atoms with Gasteiger partial charge in [0.15, 0.2) is 0 Å². The van der Waals surface area contributed by atoms with Crippen LogP contribution in [-0.2, 0) is 0 Å². The number of anilines is 1. The molecule has 0 spiro atoms. The summed E-state index contributed by atoms with van der Waals surface area (Å²) in [5.74, 6) is -1.46. The summed E-state index contributed by atoms with van der Waals surface area (Å²) in [4.78, 5) is 22.3. The predicted molar refractivity (Wildman–Crippen MR) is 79.9 cm³/mol. The molecule has 21 heavy (non-hydrogen) atoms. The molecule has 2 aromatic rings. The minimum absolute atomic E-state index is 0.326. The molecule has 0 heterocycles. The Morgan fingerprint density at radius 1 is 1.29 bits per heavy atom. The highest BCUT2D eigenvalue weighted by molar-refractivity contribution is 9.10. The largest absolute Gasteiger partial charge is 0.321 e. The van der Waals surface area contributed by atoms with Gasteiger partial charge in [0.25, 0.3) is 11.6 Å². The Kier molecular flexibility index (Phi) is 4.32. The van der Waals surface area contributed by atoms with Crippen LogP contribution in [-0.4, -0.2) is 10.8 Å². The molecule has 1 amide bonds. The van der Waals surface area contributed by atoms with Gasteiger partial charge < -0.3 is 5.32 Å². The van der Waals surface area contributed by atoms with Crippen molar-refractivity contribution >= 4 is 33.2 Å². The number of carbonyl (C=O) groups excluding carboxylic acids is 1. The van der Waals surface area contributed by atoms with Crippen molar-refractivity contribution in [2.75, 3.05) is 5.32 Å². The minimum atomic E-state index is -0.743. The van der Waals surface area contributed by atoms with E-state index in [1.807, 2.05) is 13.0 Å². The molecule has 0 atom stereocenters. The smallest absolute Gasteiger partial charge is 0.282 e. The maximum Gasteiger partial charge on any atom is 0.282 e. The molecular weight excluding hydrogens is 343 g/mol. The number of nitro benzene ring substituents is 1. The highest BCUT2D eigenvalue weighted by atomic mass is 79.9. The quantitative estimate of drug-likeness (QED) is 0.668. The highest BCUT2D eigenvalue weighted by Gasteiger charge is 2.21. The molecule has 0 aliphatic carbocycles. The Bertz CT molecular complexity index is 734. The molecule has 108 valence electrons. The fourth-order valence-electron chi connectivity index (χ4n) is 1.77. The van der Waals surface area contributed by atoms with Gasteiger partial charge in [-0.1, -0.05) is 6.07 Å². The van der Waals surface area contributed by atoms with Gasteiger partial charge in [0, 0.05) is 10.5 Å². The van der Waals surface area contributed by atoms with Gasteiger partial charge in [-0.15, -0.1) is 0 Å². The summed E-state index contributed by atoms with van der Waals surface area (Å²) < 4.78 is 13.9. The first-order chi connectivity index (χ1) is 9.88. The Morgan fingerprint density at radius 3 is 2.67 bits per heavy atom. The molecule has 2 rings (SSSR count). The van der Waals surface area contributed by atoms with E-state index in [2.05, 4.69) is 21.2 Å². The second-order valence-corrected chi connectivity index (χ2v) is 5.21. The number of nitrogens with zero attached hydrogens (tertiary/aromatic N) is 1. The second kappa shape index (κ2) is 6.01. The summed E-state index contributed by atoms with van der Waals surface area (Å²) in [7, 11) is 0. The van der Waals surface area contributed by atoms with Crippen LogP contribution in [0.2, 0.25) is 0 Å². The number of rotatable bonds is 3. The monoisotopic (exact) mass is 352 g/mol. The summed E-state index contributed by atoms with van der Waals surface area (Å²) in [6.07, 6.45) is 0. The normalized spacial score (nSPS) is 10.2. The third-order valence-corrected chi connectivity index (χ3v) is 3.46. The SMILES string of the molecule is Cc1ccc(Br)c(NC(=O)c2cc(F)ccc2[N+](=O)[O-])c1. The van der Waals surface area contributed by atoms with Crippen molar-refractivity contribution in [3.63, 3.8) is 0 Å². The lowest BCUT2D eigenvalue weighted by Crippen LogP contribution is -2.14. The topological polar surface area (TPSA) is 72.2 Å². The summed E-state index contributed by atoms with van der Waals surface area (Å²) in [6, 6.07) is 8.03. The maximum atomic E-state index is 13.2. The summed E-state index contributed by atoms with van der Waals surface area (Å²) in [6.45, 7) is 1.84. The minimum Gasteiger partial charge on any atom is -0.321 e. The highest BCUT2D eigenvalue weighted by Crippen LogP contribution is 2.26. The van der Waals surface area contributed by atoms with Gasteiger partial charge in [-0.3, -0.25) is 14.9 Å². The van der Waals surface area contributed by atoms with E-state index in [4.69, 9.17) is 0 Å². The van der Waals surface area contributed by atoms with E-state index >= 15 is 0 Å². The van der Waals surface area contributed by atoms with Gasteiger partial charge in [-0.25, -0.2) is 4.39 Å². The number of amides is 1. The Balaban J connectivity index is 2.39. The Labute approximate surface area is 128 Å². The van der Waals surface area contributed by atoms with E-state index in [1.54, 1.807) is 12.1 Å². The fourth-order valence-corrected chi connectivity index (χ4v) is 2.12. The van der Waals surface area contributed by atoms with Gasteiger partial charge in [0.05, 0.1) is 10.6 Å². The number of benzene rings is 2. The molecule has 0 aliphatic heterocycles. The van der Waals surface area contributed by atoms with Crippen molar-refractivity contribution in [3.05, 3.63) is 67.9 Å². The third kappa shape index (κ3) is 3.43. The van der Waals surface area contributed by atoms with Crippen LogP contribution in [0.5, 0.6) is 0 Å². The summed E-state index contributed by atoms with van der Waals surface area (Å²) >= 11 is 3.27. The molecule has 0 fully saturated rings. The summed E-state index contributed by atoms with van der Waals surface area (Å²) in [5.41, 5.74) is 0.590. The number of hydrogen-bond acceptors (Lipinski definition) is 3. The molecule has 0 aliphatic rings. The van der Waals surface area contributed by atoms with Crippen LogP contribution in [0.1, 0.15) is 15.9 Å². The first kappa shape index (κ1) is 15.1. The molecule has 0 aromatic heterocycles. The molecule has 0 bridgehead atoms. The predicted octanol–water partition coefficient (Wildman–Crippen LogP) is 4.06. The Hall–Kier alpha value is -2.28. The van der Waals surface area contributed by atoms with E-state index in [0.29, 0.717) is 10.2 Å². The number of nitro groups is 1. The molecule has 0 saturated heterocycles. The van der Waals surface area contributed by atoms with Crippen molar-refractivity contribution in [2.24, 2.45) is 0 Å². The Morgan fingerprint density at radius 2 is 2.00 bits per heavy atom. The standard InChI is InChI=1S/C14H10BrFN2O3/c1-8-2-4-11(15)12(6-8)17-14(19)10-7-9(16)3-5-13(10)18(20)21/h2-7H,1H3,(H,17,19). The van der Waals surface area contributed by atoms with E-state index in [9.17, 15) is 19.3 Å². The van der Waals surface area contributed by atoms with E-state index in [0.717, 1.165) is 23.8 Å². The lowest BCUT2D eigenvalue weighted by atomic mass is 10.1. The first-order valence-corrected chi connectivity index (χ1v) is 6.69. The molecule has 5 nitrogen and oxygen atoms in total. The number of nitrogens with one attached hydrogen (secondary N) is 1. The number of aryl methyl sites for hydroxylation is 1. The van der Waals surface area contributed by atoms with Gasteiger partial charge in [0.2, 0.25) is 0 Å². The average Bonchev–Trinajstić information content (AvgIpc) is 2.42. The van der Waals surface area contributed by atoms with Crippen LogP contribution in [0, 0.1) is 22.9 Å². The third-order valence-electron chi connectivity index (χ3n) is 2.77. The molecule has 0 saturated carbocycles. The van der Waals surface area contributed by atoms with Crippen molar-refractivity contribution in [3.8, 4) is 0 Å². The lowest BCUT2D eigenvalue weighted by molar-refractivity contribution is -0.385. The van der Waals surface area contributed by atoms with Crippen LogP contribution in [0.25, 0.3) is 0 Å². The van der Waals surface area contributed by atoms with Crippen LogP contribution in [0.3, 0.4) is 0 Å². The zero-order valence-corrected chi connectivity index (χ0v) is 12.5. The van der Waals surface area contributed by atoms with Crippen molar-refractivity contribution in [1.82, 2.24) is 0 Å². The van der Waals surface area contributed by atoms with Crippen molar-refractivity contribution in [1.29, 1.82) is 0 Å².